The van der Waals surface area contributed by atoms with E-state index >= 15 is 0 Å². The van der Waals surface area contributed by atoms with Crippen molar-refractivity contribution >= 4 is 5.97 Å². The molecule has 2 atom stereocenters. The number of nitriles is 1. The molecule has 0 aliphatic rings. The van der Waals surface area contributed by atoms with E-state index in [1.807, 2.05) is 0 Å². The van der Waals surface area contributed by atoms with Gasteiger partial charge in [-0.25, -0.2) is 0 Å². The minimum atomic E-state index is -1.49. The van der Waals surface area contributed by atoms with Gasteiger partial charge in [-0.2, -0.15) is 5.26 Å². The lowest BCUT2D eigenvalue weighted by molar-refractivity contribution is -0.277. The average Bonchev–Trinajstić information content (AvgIpc) is 2.12. The molecule has 0 heterocycles. The number of nitrogens with zero attached hydrogens (tertiary/aromatic N) is 2. The van der Waals surface area contributed by atoms with Crippen LogP contribution in [0.25, 0.3) is 0 Å². The fourth-order valence-corrected chi connectivity index (χ4v) is 0.978. The standard InChI is InChI=1S/C8H13N2O4/c1-6(11)10(14)8(2,5-9)4-3-7(12)13/h6,11H,3-4H2,1-2H3,(H,12,13). The molecular weight excluding hydrogens is 188 g/mol. The van der Waals surface area contributed by atoms with E-state index in [0.29, 0.717) is 0 Å². The third kappa shape index (κ3) is 3.30. The lowest BCUT2D eigenvalue weighted by atomic mass is 9.97. The third-order valence-electron chi connectivity index (χ3n) is 1.89. The van der Waals surface area contributed by atoms with E-state index in [1.165, 1.54) is 13.8 Å². The summed E-state index contributed by atoms with van der Waals surface area (Å²) in [5, 5.41) is 37.6. The highest BCUT2D eigenvalue weighted by Crippen LogP contribution is 2.20. The fourth-order valence-electron chi connectivity index (χ4n) is 0.978. The van der Waals surface area contributed by atoms with Crippen LogP contribution in [0.2, 0.25) is 0 Å². The summed E-state index contributed by atoms with van der Waals surface area (Å²) >= 11 is 0. The Morgan fingerprint density at radius 2 is 2.21 bits per heavy atom. The summed E-state index contributed by atoms with van der Waals surface area (Å²) in [5.74, 6) is -1.08. The van der Waals surface area contributed by atoms with Crippen molar-refractivity contribution in [3.63, 3.8) is 0 Å². The van der Waals surface area contributed by atoms with Gasteiger partial charge in [0.05, 0.1) is 6.07 Å². The molecule has 6 heteroatoms. The molecule has 79 valence electrons. The first-order valence-electron chi connectivity index (χ1n) is 4.11. The summed E-state index contributed by atoms with van der Waals surface area (Å²) in [6.07, 6.45) is -1.73. The number of aliphatic hydroxyl groups is 1. The van der Waals surface area contributed by atoms with Gasteiger partial charge in [0.2, 0.25) is 0 Å². The number of hydrogen-bond acceptors (Lipinski definition) is 4. The summed E-state index contributed by atoms with van der Waals surface area (Å²) in [6, 6.07) is 1.70. The Morgan fingerprint density at radius 1 is 1.71 bits per heavy atom. The molecule has 0 aromatic carbocycles. The van der Waals surface area contributed by atoms with Gasteiger partial charge in [-0.3, -0.25) is 4.79 Å². The maximum Gasteiger partial charge on any atom is 0.303 e. The van der Waals surface area contributed by atoms with Crippen molar-refractivity contribution in [2.45, 2.75) is 38.5 Å². The number of carbonyl (C=O) groups is 1. The van der Waals surface area contributed by atoms with Crippen molar-refractivity contribution < 1.29 is 20.2 Å². The summed E-state index contributed by atoms with van der Waals surface area (Å²) in [5.41, 5.74) is -1.49. The van der Waals surface area contributed by atoms with E-state index in [0.717, 1.165) is 0 Å². The van der Waals surface area contributed by atoms with Crippen molar-refractivity contribution in [3.8, 4) is 6.07 Å². The van der Waals surface area contributed by atoms with Crippen LogP contribution in [0.3, 0.4) is 0 Å². The zero-order valence-corrected chi connectivity index (χ0v) is 8.10. The minimum Gasteiger partial charge on any atom is -0.481 e. The molecule has 0 saturated carbocycles. The smallest absolute Gasteiger partial charge is 0.303 e. The summed E-state index contributed by atoms with van der Waals surface area (Å²) in [6.45, 7) is 2.53. The second-order valence-corrected chi connectivity index (χ2v) is 3.24. The highest BCUT2D eigenvalue weighted by molar-refractivity contribution is 5.66. The van der Waals surface area contributed by atoms with E-state index in [9.17, 15) is 10.0 Å². The van der Waals surface area contributed by atoms with Crippen LogP contribution < -0.4 is 0 Å². The van der Waals surface area contributed by atoms with Crippen molar-refractivity contribution in [3.05, 3.63) is 0 Å². The molecule has 0 spiro atoms. The van der Waals surface area contributed by atoms with Crippen LogP contribution >= 0.6 is 0 Å². The Kier molecular flexibility index (Phi) is 4.50. The Bertz CT molecular complexity index is 248. The second kappa shape index (κ2) is 4.91. The van der Waals surface area contributed by atoms with Crippen molar-refractivity contribution in [2.75, 3.05) is 0 Å². The number of carboxylic acids is 1. The lowest BCUT2D eigenvalue weighted by Gasteiger charge is -2.29. The van der Waals surface area contributed by atoms with Gasteiger partial charge >= 0.3 is 5.97 Å². The van der Waals surface area contributed by atoms with Crippen LogP contribution in [0, 0.1) is 11.3 Å². The average molecular weight is 201 g/mol. The first-order chi connectivity index (χ1) is 6.33. The summed E-state index contributed by atoms with van der Waals surface area (Å²) in [4.78, 5) is 10.3. The maximum absolute atomic E-state index is 11.3. The summed E-state index contributed by atoms with van der Waals surface area (Å²) < 4.78 is 0. The number of rotatable bonds is 5. The maximum atomic E-state index is 11.3. The molecule has 0 aromatic rings. The molecule has 1 radical (unpaired) electrons. The molecule has 2 unspecified atom stereocenters. The molecule has 0 bridgehead atoms. The van der Waals surface area contributed by atoms with Crippen LogP contribution in [-0.2, 0) is 10.0 Å². The van der Waals surface area contributed by atoms with E-state index < -0.39 is 17.7 Å². The largest absolute Gasteiger partial charge is 0.481 e. The zero-order valence-electron chi connectivity index (χ0n) is 8.10. The molecule has 0 amide bonds. The first-order valence-corrected chi connectivity index (χ1v) is 4.11. The van der Waals surface area contributed by atoms with Crippen LogP contribution in [0.15, 0.2) is 0 Å². The van der Waals surface area contributed by atoms with E-state index in [2.05, 4.69) is 0 Å². The highest BCUT2D eigenvalue weighted by Gasteiger charge is 2.35. The lowest BCUT2D eigenvalue weighted by Crippen LogP contribution is -2.47. The number of aliphatic hydroxyl groups excluding tert-OH is 1. The quantitative estimate of drug-likeness (QED) is 0.485. The molecule has 6 nitrogen and oxygen atoms in total. The van der Waals surface area contributed by atoms with Crippen LogP contribution in [-0.4, -0.2) is 33.0 Å². The van der Waals surface area contributed by atoms with E-state index in [-0.39, 0.29) is 17.9 Å². The normalized spacial score (nSPS) is 17.1. The van der Waals surface area contributed by atoms with Crippen LogP contribution in [0.5, 0.6) is 0 Å². The molecule has 0 rings (SSSR count). The second-order valence-electron chi connectivity index (χ2n) is 3.24. The SMILES string of the molecule is CC(O)N([O])C(C)(C#N)CCC(=O)O. The van der Waals surface area contributed by atoms with E-state index in [1.54, 1.807) is 6.07 Å². The number of aliphatic carboxylic acids is 1. The van der Waals surface area contributed by atoms with Gasteiger partial charge in [-0.15, -0.1) is 10.3 Å². The number of hydroxylamine groups is 2. The summed E-state index contributed by atoms with van der Waals surface area (Å²) in [7, 11) is 0. The van der Waals surface area contributed by atoms with Gasteiger partial charge in [0.15, 0.2) is 0 Å². The molecule has 14 heavy (non-hydrogen) atoms. The van der Waals surface area contributed by atoms with Crippen LogP contribution in [0.1, 0.15) is 26.7 Å². The Hall–Kier alpha value is -1.16. The molecular formula is C8H13N2O4. The predicted molar refractivity (Wildman–Crippen MR) is 45.1 cm³/mol. The topological polar surface area (TPSA) is 104 Å². The van der Waals surface area contributed by atoms with Gasteiger partial charge in [-0.05, 0) is 20.3 Å². The molecule has 0 saturated heterocycles. The number of hydrogen-bond donors (Lipinski definition) is 2. The Labute approximate surface area is 81.9 Å². The third-order valence-corrected chi connectivity index (χ3v) is 1.89. The molecule has 0 aliphatic carbocycles. The van der Waals surface area contributed by atoms with Gasteiger partial charge in [0.1, 0.15) is 11.8 Å². The van der Waals surface area contributed by atoms with Gasteiger partial charge in [-0.1, -0.05) is 0 Å². The fraction of sp³-hybridized carbons (Fsp3) is 0.750. The Balaban J connectivity index is 4.48. The van der Waals surface area contributed by atoms with E-state index in [4.69, 9.17) is 15.5 Å². The van der Waals surface area contributed by atoms with Gasteiger partial charge in [0.25, 0.3) is 0 Å². The van der Waals surface area contributed by atoms with Gasteiger partial charge < -0.3 is 10.2 Å². The predicted octanol–water partition coefficient (Wildman–Crippen LogP) is 0.119. The van der Waals surface area contributed by atoms with Gasteiger partial charge in [0, 0.05) is 6.42 Å². The van der Waals surface area contributed by atoms with Crippen molar-refractivity contribution in [1.82, 2.24) is 5.06 Å². The molecule has 0 aromatic heterocycles. The molecule has 0 fully saturated rings. The molecule has 2 N–H and O–H groups in total. The van der Waals surface area contributed by atoms with Crippen molar-refractivity contribution in [2.24, 2.45) is 0 Å². The van der Waals surface area contributed by atoms with Crippen LogP contribution in [0.4, 0.5) is 0 Å². The van der Waals surface area contributed by atoms with Crippen molar-refractivity contribution in [1.29, 1.82) is 5.26 Å². The highest BCUT2D eigenvalue weighted by atomic mass is 16.5. The first kappa shape index (κ1) is 12.8. The minimum absolute atomic E-state index is 0.118. The zero-order chi connectivity index (χ0) is 11.4. The Morgan fingerprint density at radius 3 is 2.50 bits per heavy atom. The molecule has 0 aliphatic heterocycles. The number of carboxylic acid groups (broad SMARTS) is 1. The monoisotopic (exact) mass is 201 g/mol.